The Bertz CT molecular complexity index is 1060. The zero-order valence-electron chi connectivity index (χ0n) is 14.7. The van der Waals surface area contributed by atoms with Crippen molar-refractivity contribution in [2.75, 3.05) is 5.32 Å². The number of hydrogen-bond donors (Lipinski definition) is 1. The first-order valence-electron chi connectivity index (χ1n) is 8.61. The van der Waals surface area contributed by atoms with Crippen molar-refractivity contribution >= 4 is 23.2 Å². The van der Waals surface area contributed by atoms with Gasteiger partial charge < -0.3 is 5.32 Å². The molecule has 0 bridgehead atoms. The third-order valence-corrected chi connectivity index (χ3v) is 4.27. The smallest absolute Gasteiger partial charge is 0.274 e. The zero-order chi connectivity index (χ0) is 19.3. The summed E-state index contributed by atoms with van der Waals surface area (Å²) in [6.45, 7) is 0. The maximum Gasteiger partial charge on any atom is 0.274 e. The number of anilines is 1. The summed E-state index contributed by atoms with van der Waals surface area (Å²) in [5.41, 5.74) is 3.14. The molecule has 0 unspecified atom stereocenters. The third-order valence-electron chi connectivity index (χ3n) is 4.03. The maximum atomic E-state index is 12.8. The summed E-state index contributed by atoms with van der Waals surface area (Å²) < 4.78 is 0. The Hall–Kier alpha value is -3.57. The van der Waals surface area contributed by atoms with E-state index in [9.17, 15) is 4.79 Å². The molecule has 2 aromatic heterocycles. The second-order valence-electron chi connectivity index (χ2n) is 6.03. The van der Waals surface area contributed by atoms with Crippen LogP contribution in [-0.4, -0.2) is 20.9 Å². The van der Waals surface area contributed by atoms with Gasteiger partial charge in [0.1, 0.15) is 5.69 Å². The highest BCUT2D eigenvalue weighted by Crippen LogP contribution is 2.23. The van der Waals surface area contributed by atoms with Crippen molar-refractivity contribution in [1.29, 1.82) is 0 Å². The molecule has 1 amide bonds. The number of aromatic nitrogens is 3. The van der Waals surface area contributed by atoms with E-state index in [4.69, 9.17) is 11.6 Å². The summed E-state index contributed by atoms with van der Waals surface area (Å²) in [6, 6.07) is 22.0. The monoisotopic (exact) mass is 386 g/mol. The van der Waals surface area contributed by atoms with Crippen LogP contribution in [-0.2, 0) is 0 Å². The number of amides is 1. The number of halogens is 1. The van der Waals surface area contributed by atoms with Gasteiger partial charge in [0.2, 0.25) is 0 Å². The van der Waals surface area contributed by atoms with Crippen LogP contribution in [0.25, 0.3) is 22.6 Å². The average Bonchev–Trinajstić information content (AvgIpc) is 2.75. The fraction of sp³-hybridized carbons (Fsp3) is 0. The average molecular weight is 387 g/mol. The molecule has 0 saturated carbocycles. The standard InChI is InChI=1S/C22H15ClN4O/c23-17-9-4-10-18(12-17)25-22(28)20-13-19(15-6-2-1-3-7-15)26-21(27-20)16-8-5-11-24-14-16/h1-14H,(H,25,28). The molecule has 5 nitrogen and oxygen atoms in total. The lowest BCUT2D eigenvalue weighted by Crippen LogP contribution is -2.15. The highest BCUT2D eigenvalue weighted by atomic mass is 35.5. The number of nitrogens with one attached hydrogen (secondary N) is 1. The normalized spacial score (nSPS) is 10.5. The quantitative estimate of drug-likeness (QED) is 0.529. The van der Waals surface area contributed by atoms with E-state index < -0.39 is 0 Å². The molecule has 0 spiro atoms. The summed E-state index contributed by atoms with van der Waals surface area (Å²) in [6.07, 6.45) is 3.35. The van der Waals surface area contributed by atoms with E-state index in [-0.39, 0.29) is 11.6 Å². The first-order chi connectivity index (χ1) is 13.7. The molecular weight excluding hydrogens is 372 g/mol. The number of rotatable bonds is 4. The van der Waals surface area contributed by atoms with Crippen LogP contribution in [0.1, 0.15) is 10.5 Å². The van der Waals surface area contributed by atoms with Gasteiger partial charge in [0.25, 0.3) is 5.91 Å². The number of pyridine rings is 1. The van der Waals surface area contributed by atoms with Crippen LogP contribution in [0, 0.1) is 0 Å². The third kappa shape index (κ3) is 4.05. The molecule has 0 fully saturated rings. The first-order valence-corrected chi connectivity index (χ1v) is 8.99. The van der Waals surface area contributed by atoms with Crippen molar-refractivity contribution in [3.05, 3.63) is 95.9 Å². The summed E-state index contributed by atoms with van der Waals surface area (Å²) in [4.78, 5) is 26.0. The van der Waals surface area contributed by atoms with Crippen LogP contribution in [0.2, 0.25) is 5.02 Å². The predicted molar refractivity (Wildman–Crippen MR) is 110 cm³/mol. The van der Waals surface area contributed by atoms with E-state index in [1.807, 2.05) is 36.4 Å². The second kappa shape index (κ2) is 7.98. The molecule has 0 atom stereocenters. The minimum absolute atomic E-state index is 0.257. The largest absolute Gasteiger partial charge is 0.321 e. The van der Waals surface area contributed by atoms with Gasteiger partial charge >= 0.3 is 0 Å². The number of hydrogen-bond acceptors (Lipinski definition) is 4. The van der Waals surface area contributed by atoms with Crippen LogP contribution >= 0.6 is 11.6 Å². The van der Waals surface area contributed by atoms with Crippen molar-refractivity contribution < 1.29 is 4.79 Å². The first kappa shape index (κ1) is 17.8. The van der Waals surface area contributed by atoms with Crippen molar-refractivity contribution in [2.24, 2.45) is 0 Å². The topological polar surface area (TPSA) is 67.8 Å². The predicted octanol–water partition coefficient (Wildman–Crippen LogP) is 5.11. The Labute approximate surface area is 167 Å². The van der Waals surface area contributed by atoms with Gasteiger partial charge in [-0.15, -0.1) is 0 Å². The molecule has 0 radical (unpaired) electrons. The van der Waals surface area contributed by atoms with Crippen LogP contribution in [0.5, 0.6) is 0 Å². The Kier molecular flexibility index (Phi) is 5.08. The summed E-state index contributed by atoms with van der Waals surface area (Å²) in [7, 11) is 0. The molecule has 6 heteroatoms. The van der Waals surface area contributed by atoms with Gasteiger partial charge in [-0.3, -0.25) is 9.78 Å². The van der Waals surface area contributed by atoms with Gasteiger partial charge in [-0.25, -0.2) is 9.97 Å². The molecule has 4 aromatic rings. The lowest BCUT2D eigenvalue weighted by Gasteiger charge is -2.09. The molecule has 28 heavy (non-hydrogen) atoms. The van der Waals surface area contributed by atoms with Gasteiger partial charge in [0, 0.05) is 34.2 Å². The van der Waals surface area contributed by atoms with Gasteiger partial charge in [-0.1, -0.05) is 48.0 Å². The minimum atomic E-state index is -0.341. The van der Waals surface area contributed by atoms with E-state index in [0.29, 0.717) is 22.2 Å². The Morgan fingerprint density at radius 2 is 1.68 bits per heavy atom. The number of nitrogens with zero attached hydrogens (tertiary/aromatic N) is 3. The second-order valence-corrected chi connectivity index (χ2v) is 6.47. The van der Waals surface area contributed by atoms with Crippen molar-refractivity contribution in [3.8, 4) is 22.6 Å². The van der Waals surface area contributed by atoms with E-state index in [2.05, 4.69) is 20.3 Å². The lowest BCUT2D eigenvalue weighted by molar-refractivity contribution is 0.102. The summed E-state index contributed by atoms with van der Waals surface area (Å²) >= 11 is 6.00. The highest BCUT2D eigenvalue weighted by molar-refractivity contribution is 6.30. The summed E-state index contributed by atoms with van der Waals surface area (Å²) in [5, 5.41) is 3.37. The molecule has 2 aromatic carbocycles. The number of benzene rings is 2. The molecule has 0 aliphatic rings. The number of carbonyl (C=O) groups is 1. The fourth-order valence-corrected chi connectivity index (χ4v) is 2.90. The molecule has 0 aliphatic carbocycles. The maximum absolute atomic E-state index is 12.8. The van der Waals surface area contributed by atoms with Crippen LogP contribution < -0.4 is 5.32 Å². The van der Waals surface area contributed by atoms with Crippen LogP contribution in [0.3, 0.4) is 0 Å². The molecule has 4 rings (SSSR count). The van der Waals surface area contributed by atoms with E-state index in [1.54, 1.807) is 48.8 Å². The van der Waals surface area contributed by atoms with Crippen molar-refractivity contribution in [3.63, 3.8) is 0 Å². The van der Waals surface area contributed by atoms with Crippen molar-refractivity contribution in [2.45, 2.75) is 0 Å². The lowest BCUT2D eigenvalue weighted by atomic mass is 10.1. The van der Waals surface area contributed by atoms with Gasteiger partial charge in [0.15, 0.2) is 5.82 Å². The van der Waals surface area contributed by atoms with Crippen LogP contribution in [0.4, 0.5) is 5.69 Å². The van der Waals surface area contributed by atoms with E-state index in [0.717, 1.165) is 11.1 Å². The Morgan fingerprint density at radius 3 is 2.43 bits per heavy atom. The molecule has 2 heterocycles. The van der Waals surface area contributed by atoms with E-state index >= 15 is 0 Å². The van der Waals surface area contributed by atoms with Gasteiger partial charge in [0.05, 0.1) is 5.69 Å². The van der Waals surface area contributed by atoms with Crippen molar-refractivity contribution in [1.82, 2.24) is 15.0 Å². The minimum Gasteiger partial charge on any atom is -0.321 e. The zero-order valence-corrected chi connectivity index (χ0v) is 15.5. The number of carbonyl (C=O) groups excluding carboxylic acids is 1. The fourth-order valence-electron chi connectivity index (χ4n) is 2.71. The van der Waals surface area contributed by atoms with Gasteiger partial charge in [-0.05, 0) is 36.4 Å². The van der Waals surface area contributed by atoms with E-state index in [1.165, 1.54) is 0 Å². The highest BCUT2D eigenvalue weighted by Gasteiger charge is 2.14. The Morgan fingerprint density at radius 1 is 0.857 bits per heavy atom. The molecule has 0 aliphatic heterocycles. The molecular formula is C22H15ClN4O. The Balaban J connectivity index is 1.76. The molecule has 1 N–H and O–H groups in total. The SMILES string of the molecule is O=C(Nc1cccc(Cl)c1)c1cc(-c2ccccc2)nc(-c2cccnc2)n1. The summed E-state index contributed by atoms with van der Waals surface area (Å²) in [5.74, 6) is 0.0951. The molecule has 136 valence electrons. The van der Waals surface area contributed by atoms with Crippen LogP contribution in [0.15, 0.2) is 85.2 Å². The van der Waals surface area contributed by atoms with Gasteiger partial charge in [-0.2, -0.15) is 0 Å². The molecule has 0 saturated heterocycles.